The van der Waals surface area contributed by atoms with Crippen LogP contribution in [0, 0.1) is 5.92 Å². The Morgan fingerprint density at radius 2 is 2.05 bits per heavy atom. The molecule has 124 valence electrons. The van der Waals surface area contributed by atoms with Crippen LogP contribution in [0.4, 0.5) is 0 Å². The van der Waals surface area contributed by atoms with Gasteiger partial charge in [0.1, 0.15) is 0 Å². The van der Waals surface area contributed by atoms with Crippen molar-refractivity contribution in [3.05, 3.63) is 0 Å². The molecule has 0 radical (unpaired) electrons. The van der Waals surface area contributed by atoms with Gasteiger partial charge in [0.15, 0.2) is 0 Å². The molecule has 1 spiro atoms. The third-order valence-electron chi connectivity index (χ3n) is 5.54. The SMILES string of the molecule is CCCNC(CC(C)(C)OC)C1CCOC2(CCCC2)C1. The van der Waals surface area contributed by atoms with E-state index in [-0.39, 0.29) is 11.2 Å². The van der Waals surface area contributed by atoms with Gasteiger partial charge in [-0.3, -0.25) is 0 Å². The minimum absolute atomic E-state index is 0.0491. The molecule has 2 atom stereocenters. The first-order valence-corrected chi connectivity index (χ1v) is 8.93. The van der Waals surface area contributed by atoms with Gasteiger partial charge in [0.25, 0.3) is 0 Å². The zero-order chi connectivity index (χ0) is 15.3. The predicted molar refractivity (Wildman–Crippen MR) is 87.7 cm³/mol. The molecule has 1 aliphatic carbocycles. The summed E-state index contributed by atoms with van der Waals surface area (Å²) in [6, 6.07) is 0.557. The fourth-order valence-electron chi connectivity index (χ4n) is 4.13. The van der Waals surface area contributed by atoms with Crippen LogP contribution < -0.4 is 5.32 Å². The lowest BCUT2D eigenvalue weighted by molar-refractivity contribution is -0.103. The summed E-state index contributed by atoms with van der Waals surface area (Å²) in [6.07, 6.45) is 9.97. The first-order valence-electron chi connectivity index (χ1n) is 8.93. The lowest BCUT2D eigenvalue weighted by atomic mass is 9.77. The van der Waals surface area contributed by atoms with Crippen LogP contribution in [0.1, 0.15) is 72.1 Å². The Morgan fingerprint density at radius 3 is 2.67 bits per heavy atom. The summed E-state index contributed by atoms with van der Waals surface area (Å²) in [7, 11) is 1.83. The van der Waals surface area contributed by atoms with Crippen LogP contribution >= 0.6 is 0 Å². The van der Waals surface area contributed by atoms with Crippen molar-refractivity contribution >= 4 is 0 Å². The highest BCUT2D eigenvalue weighted by Gasteiger charge is 2.42. The van der Waals surface area contributed by atoms with Crippen molar-refractivity contribution in [3.8, 4) is 0 Å². The molecule has 1 aliphatic heterocycles. The van der Waals surface area contributed by atoms with Gasteiger partial charge in [-0.05, 0) is 64.8 Å². The van der Waals surface area contributed by atoms with E-state index >= 15 is 0 Å². The number of nitrogens with one attached hydrogen (secondary N) is 1. The maximum atomic E-state index is 6.21. The molecular formula is C18H35NO2. The van der Waals surface area contributed by atoms with Crippen molar-refractivity contribution in [3.63, 3.8) is 0 Å². The lowest BCUT2D eigenvalue weighted by Gasteiger charge is -2.43. The zero-order valence-electron chi connectivity index (χ0n) is 14.5. The molecule has 3 nitrogen and oxygen atoms in total. The fourth-order valence-corrected chi connectivity index (χ4v) is 4.13. The first kappa shape index (κ1) is 17.2. The van der Waals surface area contributed by atoms with E-state index in [2.05, 4.69) is 26.1 Å². The normalized spacial score (nSPS) is 27.1. The summed E-state index contributed by atoms with van der Waals surface area (Å²) in [4.78, 5) is 0. The van der Waals surface area contributed by atoms with Crippen LogP contribution in [-0.4, -0.2) is 37.5 Å². The molecule has 1 N–H and O–H groups in total. The summed E-state index contributed by atoms with van der Waals surface area (Å²) >= 11 is 0. The Labute approximate surface area is 131 Å². The minimum Gasteiger partial charge on any atom is -0.379 e. The molecule has 2 unspecified atom stereocenters. The second kappa shape index (κ2) is 7.43. The maximum Gasteiger partial charge on any atom is 0.0685 e. The summed E-state index contributed by atoms with van der Waals surface area (Å²) in [5.74, 6) is 0.734. The second-order valence-electron chi connectivity index (χ2n) is 7.72. The number of hydrogen-bond acceptors (Lipinski definition) is 3. The molecule has 0 amide bonds. The highest BCUT2D eigenvalue weighted by molar-refractivity contribution is 4.95. The van der Waals surface area contributed by atoms with Crippen molar-refractivity contribution in [2.75, 3.05) is 20.3 Å². The Hall–Kier alpha value is -0.120. The first-order chi connectivity index (χ1) is 10.0. The van der Waals surface area contributed by atoms with E-state index in [4.69, 9.17) is 9.47 Å². The van der Waals surface area contributed by atoms with Gasteiger partial charge in [-0.15, -0.1) is 0 Å². The number of rotatable bonds is 7. The largest absolute Gasteiger partial charge is 0.379 e. The van der Waals surface area contributed by atoms with E-state index in [1.54, 1.807) is 0 Å². The van der Waals surface area contributed by atoms with Crippen LogP contribution in [0.25, 0.3) is 0 Å². The highest BCUT2D eigenvalue weighted by atomic mass is 16.5. The van der Waals surface area contributed by atoms with Crippen LogP contribution in [0.15, 0.2) is 0 Å². The van der Waals surface area contributed by atoms with Gasteiger partial charge in [0, 0.05) is 19.8 Å². The zero-order valence-corrected chi connectivity index (χ0v) is 14.5. The Bertz CT molecular complexity index is 310. The Kier molecular flexibility index (Phi) is 6.10. The summed E-state index contributed by atoms with van der Waals surface area (Å²) in [5, 5.41) is 3.80. The summed E-state index contributed by atoms with van der Waals surface area (Å²) in [6.45, 7) is 8.71. The smallest absolute Gasteiger partial charge is 0.0685 e. The molecule has 1 heterocycles. The van der Waals surface area contributed by atoms with Crippen LogP contribution in [-0.2, 0) is 9.47 Å². The third-order valence-corrected chi connectivity index (χ3v) is 5.54. The summed E-state index contributed by atoms with van der Waals surface area (Å²) in [5.41, 5.74) is 0.166. The fraction of sp³-hybridized carbons (Fsp3) is 1.00. The number of ether oxygens (including phenoxy) is 2. The van der Waals surface area contributed by atoms with Crippen molar-refractivity contribution < 1.29 is 9.47 Å². The molecule has 0 aromatic rings. The quantitative estimate of drug-likeness (QED) is 0.773. The van der Waals surface area contributed by atoms with Crippen molar-refractivity contribution in [1.29, 1.82) is 0 Å². The van der Waals surface area contributed by atoms with Gasteiger partial charge in [0.05, 0.1) is 11.2 Å². The van der Waals surface area contributed by atoms with E-state index in [1.807, 2.05) is 7.11 Å². The molecule has 1 saturated heterocycles. The molecule has 21 heavy (non-hydrogen) atoms. The third kappa shape index (κ3) is 4.67. The average Bonchev–Trinajstić information content (AvgIpc) is 2.91. The number of methoxy groups -OCH3 is 1. The highest BCUT2D eigenvalue weighted by Crippen LogP contribution is 2.43. The van der Waals surface area contributed by atoms with E-state index < -0.39 is 0 Å². The van der Waals surface area contributed by atoms with Crippen LogP contribution in [0.2, 0.25) is 0 Å². The van der Waals surface area contributed by atoms with E-state index in [0.717, 1.165) is 25.5 Å². The van der Waals surface area contributed by atoms with E-state index in [0.29, 0.717) is 6.04 Å². The summed E-state index contributed by atoms with van der Waals surface area (Å²) < 4.78 is 11.9. The molecule has 0 aromatic heterocycles. The molecule has 2 fully saturated rings. The van der Waals surface area contributed by atoms with Gasteiger partial charge in [-0.1, -0.05) is 19.8 Å². The molecule has 2 rings (SSSR count). The topological polar surface area (TPSA) is 30.5 Å². The predicted octanol–water partition coefficient (Wildman–Crippen LogP) is 3.91. The second-order valence-corrected chi connectivity index (χ2v) is 7.72. The maximum absolute atomic E-state index is 6.21. The Balaban J connectivity index is 2.00. The number of hydrogen-bond donors (Lipinski definition) is 1. The van der Waals surface area contributed by atoms with Gasteiger partial charge < -0.3 is 14.8 Å². The molecule has 2 aliphatic rings. The average molecular weight is 297 g/mol. The monoisotopic (exact) mass is 297 g/mol. The van der Waals surface area contributed by atoms with E-state index in [1.165, 1.54) is 44.9 Å². The van der Waals surface area contributed by atoms with E-state index in [9.17, 15) is 0 Å². The molecule has 0 bridgehead atoms. The molecule has 0 aromatic carbocycles. The van der Waals surface area contributed by atoms with Gasteiger partial charge in [-0.2, -0.15) is 0 Å². The Morgan fingerprint density at radius 1 is 1.33 bits per heavy atom. The molecule has 3 heteroatoms. The van der Waals surface area contributed by atoms with Gasteiger partial charge in [-0.25, -0.2) is 0 Å². The standard InChI is InChI=1S/C18H35NO2/c1-5-11-19-16(14-17(2,3)20-4)15-8-12-21-18(13-15)9-6-7-10-18/h15-16,19H,5-14H2,1-4H3. The van der Waals surface area contributed by atoms with Crippen molar-refractivity contribution in [1.82, 2.24) is 5.32 Å². The van der Waals surface area contributed by atoms with Crippen molar-refractivity contribution in [2.24, 2.45) is 5.92 Å². The van der Waals surface area contributed by atoms with Crippen LogP contribution in [0.3, 0.4) is 0 Å². The van der Waals surface area contributed by atoms with Crippen molar-refractivity contribution in [2.45, 2.75) is 89.4 Å². The van der Waals surface area contributed by atoms with Crippen LogP contribution in [0.5, 0.6) is 0 Å². The molecule has 1 saturated carbocycles. The lowest BCUT2D eigenvalue weighted by Crippen LogP contribution is -2.48. The van der Waals surface area contributed by atoms with Gasteiger partial charge in [0.2, 0.25) is 0 Å². The van der Waals surface area contributed by atoms with Gasteiger partial charge >= 0.3 is 0 Å². The molecular weight excluding hydrogens is 262 g/mol. The minimum atomic E-state index is -0.0491.